The molecule has 1 aliphatic heterocycles. The molecule has 13 heteroatoms. The van der Waals surface area contributed by atoms with E-state index in [2.05, 4.69) is 30.9 Å². The van der Waals surface area contributed by atoms with E-state index in [0.717, 1.165) is 26.8 Å². The van der Waals surface area contributed by atoms with Crippen LogP contribution >= 0.6 is 0 Å². The van der Waals surface area contributed by atoms with Gasteiger partial charge in [-0.25, -0.2) is 9.67 Å². The maximum absolute atomic E-state index is 14.2. The first-order valence-corrected chi connectivity index (χ1v) is 10.5. The number of aromatic nitrogens is 6. The first-order chi connectivity index (χ1) is 16.9. The van der Waals surface area contributed by atoms with Gasteiger partial charge in [-0.05, 0) is 36.2 Å². The summed E-state index contributed by atoms with van der Waals surface area (Å²) in [4.78, 5) is 5.24. The first kappa shape index (κ1) is 22.5. The second-order valence-electron chi connectivity index (χ2n) is 7.77. The molecule has 10 nitrogen and oxygen atoms in total. The van der Waals surface area contributed by atoms with Gasteiger partial charge in [0.1, 0.15) is 11.6 Å². The van der Waals surface area contributed by atoms with Crippen molar-refractivity contribution < 1.29 is 18.3 Å². The minimum absolute atomic E-state index is 0.0645. The summed E-state index contributed by atoms with van der Waals surface area (Å²) in [7, 11) is 0. The van der Waals surface area contributed by atoms with Crippen LogP contribution in [0.3, 0.4) is 0 Å². The highest BCUT2D eigenvalue weighted by Crippen LogP contribution is 2.37. The molecule has 0 radical (unpaired) electrons. The molecular formula is C22H18F3N9O. The molecule has 1 aliphatic rings. The summed E-state index contributed by atoms with van der Waals surface area (Å²) in [5.41, 5.74) is 0.651. The lowest BCUT2D eigenvalue weighted by Crippen LogP contribution is -2.26. The number of aliphatic hydroxyl groups excluding tert-OH is 1. The summed E-state index contributed by atoms with van der Waals surface area (Å²) in [5, 5.41) is 37.8. The van der Waals surface area contributed by atoms with Crippen LogP contribution in [0.5, 0.6) is 0 Å². The van der Waals surface area contributed by atoms with Crippen LogP contribution in [0.1, 0.15) is 34.2 Å². The van der Waals surface area contributed by atoms with Gasteiger partial charge in [-0.3, -0.25) is 0 Å². The first-order valence-electron chi connectivity index (χ1n) is 10.5. The molecule has 1 atom stereocenters. The van der Waals surface area contributed by atoms with Crippen LogP contribution in [0.25, 0.3) is 11.5 Å². The van der Waals surface area contributed by atoms with Crippen LogP contribution in [0, 0.1) is 11.3 Å². The molecule has 3 aromatic heterocycles. The molecule has 35 heavy (non-hydrogen) atoms. The lowest BCUT2D eigenvalue weighted by atomic mass is 9.99. The molecular weight excluding hydrogens is 463 g/mol. The minimum Gasteiger partial charge on any atom is -0.369 e. The van der Waals surface area contributed by atoms with Gasteiger partial charge in [-0.2, -0.15) is 33.7 Å². The van der Waals surface area contributed by atoms with Crippen molar-refractivity contribution in [3.05, 3.63) is 77.0 Å². The normalized spacial score (nSPS) is 14.3. The van der Waals surface area contributed by atoms with Crippen LogP contribution in [-0.4, -0.2) is 41.4 Å². The van der Waals surface area contributed by atoms with E-state index in [4.69, 9.17) is 0 Å². The number of nitrogens with zero attached hydrogens (tertiary/aromatic N) is 7. The Morgan fingerprint density at radius 1 is 1.17 bits per heavy atom. The largest absolute Gasteiger partial charge is 0.433 e. The Morgan fingerprint density at radius 3 is 2.71 bits per heavy atom. The van der Waals surface area contributed by atoms with Crippen molar-refractivity contribution >= 4 is 5.69 Å². The molecule has 4 heterocycles. The molecule has 0 saturated carbocycles. The van der Waals surface area contributed by atoms with Crippen LogP contribution < -0.4 is 10.6 Å². The van der Waals surface area contributed by atoms with Gasteiger partial charge in [0.25, 0.3) is 0 Å². The number of anilines is 1. The van der Waals surface area contributed by atoms with E-state index >= 15 is 0 Å². The molecule has 0 spiro atoms. The fourth-order valence-corrected chi connectivity index (χ4v) is 4.08. The van der Waals surface area contributed by atoms with E-state index in [9.17, 15) is 23.5 Å². The highest BCUT2D eigenvalue weighted by atomic mass is 19.4. The molecule has 4 aromatic rings. The highest BCUT2D eigenvalue weighted by molar-refractivity contribution is 5.55. The van der Waals surface area contributed by atoms with E-state index in [1.54, 1.807) is 12.1 Å². The Balaban J connectivity index is 1.51. The zero-order chi connectivity index (χ0) is 24.6. The van der Waals surface area contributed by atoms with Crippen LogP contribution in [0.2, 0.25) is 0 Å². The number of alkyl halides is 3. The zero-order valence-corrected chi connectivity index (χ0v) is 18.0. The molecule has 178 valence electrons. The number of hydrogen-bond donors (Lipinski definition) is 3. The van der Waals surface area contributed by atoms with E-state index in [1.165, 1.54) is 24.7 Å². The zero-order valence-electron chi connectivity index (χ0n) is 18.0. The summed E-state index contributed by atoms with van der Waals surface area (Å²) in [6.07, 6.45) is -0.939. The summed E-state index contributed by atoms with van der Waals surface area (Å²) in [5.74, 6) is 0.143. The molecule has 0 fully saturated rings. The van der Waals surface area contributed by atoms with Gasteiger partial charge in [0.15, 0.2) is 17.7 Å². The highest BCUT2D eigenvalue weighted by Gasteiger charge is 2.41. The van der Waals surface area contributed by atoms with Crippen molar-refractivity contribution in [1.82, 2.24) is 35.1 Å². The van der Waals surface area contributed by atoms with Crippen molar-refractivity contribution in [3.8, 4) is 17.6 Å². The molecule has 0 saturated heterocycles. The van der Waals surface area contributed by atoms with Gasteiger partial charge < -0.3 is 15.7 Å². The van der Waals surface area contributed by atoms with Gasteiger partial charge in [0, 0.05) is 6.54 Å². The van der Waals surface area contributed by atoms with Crippen LogP contribution in [0.15, 0.2) is 49.1 Å². The number of fused-ring (bicyclic) bond motifs is 1. The van der Waals surface area contributed by atoms with Gasteiger partial charge in [0.2, 0.25) is 0 Å². The number of nitriles is 1. The van der Waals surface area contributed by atoms with Gasteiger partial charge in [0.05, 0.1) is 41.7 Å². The number of benzene rings is 1. The fourth-order valence-electron chi connectivity index (χ4n) is 4.08. The molecule has 1 aromatic carbocycles. The summed E-state index contributed by atoms with van der Waals surface area (Å²) in [6.45, 7) is 1.20. The van der Waals surface area contributed by atoms with Crippen molar-refractivity contribution in [1.29, 1.82) is 5.26 Å². The molecule has 3 N–H and O–H groups in total. The molecule has 0 bridgehead atoms. The summed E-state index contributed by atoms with van der Waals surface area (Å²) >= 11 is 0. The average molecular weight is 481 g/mol. The second kappa shape index (κ2) is 8.82. The maximum Gasteiger partial charge on any atom is 0.433 e. The quantitative estimate of drug-likeness (QED) is 0.371. The van der Waals surface area contributed by atoms with Crippen molar-refractivity contribution in [2.45, 2.75) is 25.4 Å². The summed E-state index contributed by atoms with van der Waals surface area (Å²) in [6, 6.07) is 8.41. The lowest BCUT2D eigenvalue weighted by molar-refractivity contribution is -0.144. The Labute approximate surface area is 196 Å². The van der Waals surface area contributed by atoms with E-state index in [0.29, 0.717) is 25.2 Å². The predicted molar refractivity (Wildman–Crippen MR) is 116 cm³/mol. The Hall–Kier alpha value is -4.28. The maximum atomic E-state index is 14.2. The topological polar surface area (TPSA) is 130 Å². The Kier molecular flexibility index (Phi) is 5.67. The number of aliphatic hydroxyl groups is 1. The van der Waals surface area contributed by atoms with E-state index in [1.807, 2.05) is 12.1 Å². The van der Waals surface area contributed by atoms with Gasteiger partial charge in [-0.15, -0.1) is 4.80 Å². The third-order valence-corrected chi connectivity index (χ3v) is 5.60. The predicted octanol–water partition coefficient (Wildman–Crippen LogP) is 2.49. The van der Waals surface area contributed by atoms with E-state index < -0.39 is 23.7 Å². The number of rotatable bonds is 5. The number of halogens is 3. The van der Waals surface area contributed by atoms with Crippen molar-refractivity contribution in [2.24, 2.45) is 0 Å². The molecule has 0 amide bonds. The number of hydrogen-bond acceptors (Lipinski definition) is 8. The second-order valence-corrected chi connectivity index (χ2v) is 7.77. The third-order valence-electron chi connectivity index (χ3n) is 5.60. The van der Waals surface area contributed by atoms with Crippen molar-refractivity contribution in [2.75, 3.05) is 11.9 Å². The summed E-state index contributed by atoms with van der Waals surface area (Å²) < 4.78 is 43.4. The molecule has 5 rings (SSSR count). The standard InChI is InChI=1S/C22H18F3N9O/c23-22(24,25)19-17(12-31-33(19)18-3-1-2-13-10-27-5-4-16(13)18)21(35)32-15-8-14(9-26)20(28-11-15)34-29-6-7-30-34/h1-3,6-8,11-12,21,27,32,35H,4-5,10H2. The van der Waals surface area contributed by atoms with Crippen LogP contribution in [0.4, 0.5) is 18.9 Å². The monoisotopic (exact) mass is 481 g/mol. The van der Waals surface area contributed by atoms with Gasteiger partial charge in [-0.1, -0.05) is 12.1 Å². The number of nitrogens with one attached hydrogen (secondary N) is 2. The minimum atomic E-state index is -4.80. The third kappa shape index (κ3) is 4.20. The lowest BCUT2D eigenvalue weighted by Gasteiger charge is -2.22. The Bertz CT molecular complexity index is 1410. The van der Waals surface area contributed by atoms with Gasteiger partial charge >= 0.3 is 6.18 Å². The van der Waals surface area contributed by atoms with Crippen molar-refractivity contribution in [3.63, 3.8) is 0 Å². The van der Waals surface area contributed by atoms with Crippen LogP contribution in [-0.2, 0) is 19.1 Å². The Morgan fingerprint density at radius 2 is 1.97 bits per heavy atom. The average Bonchev–Trinajstić information content (AvgIpc) is 3.54. The SMILES string of the molecule is N#Cc1cc(NC(O)c2cnn(-c3cccc4c3CCNC4)c2C(F)(F)F)cnc1-n1nccn1. The fraction of sp³-hybridized carbons (Fsp3) is 0.227. The smallest absolute Gasteiger partial charge is 0.369 e. The number of pyridine rings is 1. The van der Waals surface area contributed by atoms with E-state index in [-0.39, 0.29) is 17.1 Å². The molecule has 1 unspecified atom stereocenters. The molecule has 0 aliphatic carbocycles.